The summed E-state index contributed by atoms with van der Waals surface area (Å²) in [6.45, 7) is 4.02. The number of H-pyrrole nitrogens is 1. The first-order chi connectivity index (χ1) is 11.5. The van der Waals surface area contributed by atoms with Crippen LogP contribution in [0.15, 0.2) is 17.6 Å². The number of terminal acetylenes is 1. The Morgan fingerprint density at radius 1 is 1.50 bits per heavy atom. The van der Waals surface area contributed by atoms with Gasteiger partial charge in [-0.05, 0) is 19.9 Å². The molecule has 122 valence electrons. The molecule has 3 rings (SSSR count). The number of carbonyl (C=O) groups excluding carboxylic acids is 1. The van der Waals surface area contributed by atoms with Gasteiger partial charge >= 0.3 is 0 Å². The Kier molecular flexibility index (Phi) is 4.18. The third-order valence-corrected chi connectivity index (χ3v) is 4.51. The van der Waals surface area contributed by atoms with Gasteiger partial charge in [0.2, 0.25) is 0 Å². The van der Waals surface area contributed by atoms with Gasteiger partial charge in [-0.2, -0.15) is 10.2 Å². The zero-order chi connectivity index (χ0) is 17.3. The van der Waals surface area contributed by atoms with E-state index in [2.05, 4.69) is 26.2 Å². The molecule has 7 nitrogen and oxygen atoms in total. The first-order valence-corrected chi connectivity index (χ1v) is 8.11. The summed E-state index contributed by atoms with van der Waals surface area (Å²) >= 11 is 1.36. The molecule has 8 heteroatoms. The molecule has 0 aliphatic rings. The van der Waals surface area contributed by atoms with E-state index in [9.17, 15) is 4.79 Å². The molecule has 0 unspecified atom stereocenters. The monoisotopic (exact) mass is 340 g/mol. The fourth-order valence-electron chi connectivity index (χ4n) is 2.52. The fourth-order valence-corrected chi connectivity index (χ4v) is 3.16. The van der Waals surface area contributed by atoms with Crippen molar-refractivity contribution in [2.24, 2.45) is 7.05 Å². The number of aromatic amines is 1. The molecule has 0 saturated heterocycles. The van der Waals surface area contributed by atoms with E-state index in [4.69, 9.17) is 6.42 Å². The summed E-state index contributed by atoms with van der Waals surface area (Å²) in [5.41, 5.74) is 3.81. The van der Waals surface area contributed by atoms with E-state index < -0.39 is 0 Å². The van der Waals surface area contributed by atoms with Gasteiger partial charge in [0.1, 0.15) is 5.69 Å². The van der Waals surface area contributed by atoms with E-state index in [0.717, 1.165) is 17.0 Å². The van der Waals surface area contributed by atoms with Gasteiger partial charge in [0.15, 0.2) is 5.13 Å². The van der Waals surface area contributed by atoms with E-state index in [0.29, 0.717) is 16.5 Å². The maximum Gasteiger partial charge on any atom is 0.278 e. The predicted molar refractivity (Wildman–Crippen MR) is 92.9 cm³/mol. The van der Waals surface area contributed by atoms with Gasteiger partial charge in [-0.25, -0.2) is 4.98 Å². The van der Waals surface area contributed by atoms with E-state index in [1.165, 1.54) is 16.2 Å². The smallest absolute Gasteiger partial charge is 0.272 e. The van der Waals surface area contributed by atoms with Crippen LogP contribution in [0.3, 0.4) is 0 Å². The highest BCUT2D eigenvalue weighted by Crippen LogP contribution is 2.26. The lowest BCUT2D eigenvalue weighted by Gasteiger charge is -2.15. The number of aromatic nitrogens is 5. The van der Waals surface area contributed by atoms with E-state index in [1.54, 1.807) is 22.3 Å². The number of thiazole rings is 1. The molecule has 0 aromatic carbocycles. The zero-order valence-electron chi connectivity index (χ0n) is 13.6. The average Bonchev–Trinajstić information content (AvgIpc) is 3.27. The van der Waals surface area contributed by atoms with Crippen LogP contribution in [0.5, 0.6) is 0 Å². The van der Waals surface area contributed by atoms with E-state index in [-0.39, 0.29) is 12.5 Å². The Balaban J connectivity index is 1.95. The van der Waals surface area contributed by atoms with Gasteiger partial charge in [0, 0.05) is 29.9 Å². The van der Waals surface area contributed by atoms with Crippen LogP contribution in [0.2, 0.25) is 0 Å². The molecule has 0 saturated carbocycles. The highest BCUT2D eigenvalue weighted by Gasteiger charge is 2.23. The SMILES string of the molecule is C#CCN(C(=O)c1cc(-c2c(C)nn(C)c2C)n[nH]1)c1nccs1. The van der Waals surface area contributed by atoms with Crippen molar-refractivity contribution in [3.63, 3.8) is 0 Å². The van der Waals surface area contributed by atoms with Crippen LogP contribution in [0, 0.1) is 26.2 Å². The molecule has 1 N–H and O–H groups in total. The topological polar surface area (TPSA) is 79.7 Å². The minimum atomic E-state index is -0.263. The number of nitrogens with one attached hydrogen (secondary N) is 1. The summed E-state index contributed by atoms with van der Waals surface area (Å²) in [5, 5.41) is 13.8. The molecular formula is C16H16N6OS. The first kappa shape index (κ1) is 16.0. The Bertz CT molecular complexity index is 915. The van der Waals surface area contributed by atoms with E-state index >= 15 is 0 Å². The molecular weight excluding hydrogens is 324 g/mol. The number of rotatable bonds is 4. The third kappa shape index (κ3) is 2.70. The quantitative estimate of drug-likeness (QED) is 0.738. The predicted octanol–water partition coefficient (Wildman–Crippen LogP) is 2.16. The van der Waals surface area contributed by atoms with Gasteiger partial charge in [0.25, 0.3) is 5.91 Å². The van der Waals surface area contributed by atoms with Gasteiger partial charge < -0.3 is 0 Å². The molecule has 0 fully saturated rings. The van der Waals surface area contributed by atoms with Crippen molar-refractivity contribution in [1.82, 2.24) is 25.0 Å². The summed E-state index contributed by atoms with van der Waals surface area (Å²) in [6.07, 6.45) is 7.02. The number of carbonyl (C=O) groups is 1. The molecule has 3 aromatic heterocycles. The summed E-state index contributed by atoms with van der Waals surface area (Å²) in [7, 11) is 1.88. The van der Waals surface area contributed by atoms with Crippen molar-refractivity contribution >= 4 is 22.4 Å². The van der Waals surface area contributed by atoms with Crippen molar-refractivity contribution < 1.29 is 4.79 Å². The summed E-state index contributed by atoms with van der Waals surface area (Å²) in [5.74, 6) is 2.23. The third-order valence-electron chi connectivity index (χ3n) is 3.72. The van der Waals surface area contributed by atoms with E-state index in [1.807, 2.05) is 20.9 Å². The Morgan fingerprint density at radius 2 is 2.29 bits per heavy atom. The molecule has 0 aliphatic heterocycles. The molecule has 0 atom stereocenters. The van der Waals surface area contributed by atoms with Gasteiger partial charge in [-0.15, -0.1) is 17.8 Å². The molecule has 0 bridgehead atoms. The van der Waals surface area contributed by atoms with Crippen LogP contribution in [0.1, 0.15) is 21.9 Å². The maximum atomic E-state index is 12.8. The number of hydrogen-bond donors (Lipinski definition) is 1. The maximum absolute atomic E-state index is 12.8. The van der Waals surface area contributed by atoms with Gasteiger partial charge in [-0.3, -0.25) is 19.5 Å². The molecule has 3 heterocycles. The zero-order valence-corrected chi connectivity index (χ0v) is 14.4. The summed E-state index contributed by atoms with van der Waals surface area (Å²) in [6, 6.07) is 1.72. The number of nitrogens with zero attached hydrogens (tertiary/aromatic N) is 5. The molecule has 24 heavy (non-hydrogen) atoms. The van der Waals surface area contributed by atoms with Crippen LogP contribution in [0.25, 0.3) is 11.3 Å². The Morgan fingerprint density at radius 3 is 2.88 bits per heavy atom. The van der Waals surface area contributed by atoms with Crippen LogP contribution >= 0.6 is 11.3 Å². The van der Waals surface area contributed by atoms with Crippen LogP contribution in [-0.4, -0.2) is 37.4 Å². The van der Waals surface area contributed by atoms with Crippen molar-refractivity contribution in [1.29, 1.82) is 0 Å². The van der Waals surface area contributed by atoms with Gasteiger partial charge in [-0.1, -0.05) is 5.92 Å². The summed E-state index contributed by atoms with van der Waals surface area (Å²) < 4.78 is 1.79. The standard InChI is InChI=1S/C16H16N6OS/c1-5-7-22(16-17-6-8-24-16)15(23)13-9-12(18-19-13)14-10(2)20-21(4)11(14)3/h1,6,8-9H,7H2,2-4H3,(H,18,19). The highest BCUT2D eigenvalue weighted by atomic mass is 32.1. The highest BCUT2D eigenvalue weighted by molar-refractivity contribution is 7.13. The average molecular weight is 340 g/mol. The molecule has 0 aliphatic carbocycles. The molecule has 3 aromatic rings. The van der Waals surface area contributed by atoms with Crippen LogP contribution in [-0.2, 0) is 7.05 Å². The molecule has 1 amide bonds. The fraction of sp³-hybridized carbons (Fsp3) is 0.250. The first-order valence-electron chi connectivity index (χ1n) is 7.23. The molecule has 0 spiro atoms. The van der Waals surface area contributed by atoms with Crippen LogP contribution < -0.4 is 4.90 Å². The van der Waals surface area contributed by atoms with Crippen molar-refractivity contribution in [3.05, 3.63) is 34.7 Å². The second-order valence-electron chi connectivity index (χ2n) is 5.25. The normalized spacial score (nSPS) is 10.6. The lowest BCUT2D eigenvalue weighted by atomic mass is 10.1. The van der Waals surface area contributed by atoms with Crippen molar-refractivity contribution in [2.45, 2.75) is 13.8 Å². The molecule has 0 radical (unpaired) electrons. The minimum Gasteiger partial charge on any atom is -0.272 e. The number of hydrogen-bond acceptors (Lipinski definition) is 5. The number of amides is 1. The number of anilines is 1. The van der Waals surface area contributed by atoms with Gasteiger partial charge in [0.05, 0.1) is 17.9 Å². The number of aryl methyl sites for hydroxylation is 2. The second kappa shape index (κ2) is 6.29. The largest absolute Gasteiger partial charge is 0.278 e. The lowest BCUT2D eigenvalue weighted by Crippen LogP contribution is -2.31. The Hall–Kier alpha value is -2.92. The van der Waals surface area contributed by atoms with Crippen molar-refractivity contribution in [3.8, 4) is 23.6 Å². The summed E-state index contributed by atoms with van der Waals surface area (Å²) in [4.78, 5) is 18.4. The minimum absolute atomic E-state index is 0.144. The lowest BCUT2D eigenvalue weighted by molar-refractivity contribution is 0.0985. The second-order valence-corrected chi connectivity index (χ2v) is 6.12. The Labute approximate surface area is 143 Å². The van der Waals surface area contributed by atoms with Crippen molar-refractivity contribution in [2.75, 3.05) is 11.4 Å². The van der Waals surface area contributed by atoms with Crippen LogP contribution in [0.4, 0.5) is 5.13 Å².